The van der Waals surface area contributed by atoms with Crippen molar-refractivity contribution in [3.63, 3.8) is 0 Å². The van der Waals surface area contributed by atoms with Gasteiger partial charge in [0.25, 0.3) is 0 Å². The van der Waals surface area contributed by atoms with Gasteiger partial charge in [-0.05, 0) is 35.1 Å². The van der Waals surface area contributed by atoms with Crippen molar-refractivity contribution < 1.29 is 4.74 Å². The number of thiophene rings is 1. The average Bonchev–Trinajstić information content (AvgIpc) is 2.47. The standard InChI is InChI=1S/C8H12BrNOS/c1-10-6(5-11-2)7-3-4-8(9)12-7/h3-4,6,10H,5H2,1-2H3. The molecule has 0 aliphatic heterocycles. The summed E-state index contributed by atoms with van der Waals surface area (Å²) >= 11 is 5.17. The Morgan fingerprint density at radius 1 is 1.67 bits per heavy atom. The molecule has 0 spiro atoms. The molecule has 1 aromatic rings. The van der Waals surface area contributed by atoms with Crippen molar-refractivity contribution in [1.29, 1.82) is 0 Å². The van der Waals surface area contributed by atoms with Crippen LogP contribution in [0.25, 0.3) is 0 Å². The normalized spacial score (nSPS) is 13.2. The molecular formula is C8H12BrNOS. The Balaban J connectivity index is 2.66. The maximum atomic E-state index is 5.09. The van der Waals surface area contributed by atoms with E-state index in [0.29, 0.717) is 12.6 Å². The fraction of sp³-hybridized carbons (Fsp3) is 0.500. The Morgan fingerprint density at radius 2 is 2.42 bits per heavy atom. The summed E-state index contributed by atoms with van der Waals surface area (Å²) in [5.74, 6) is 0. The molecule has 1 unspecified atom stereocenters. The van der Waals surface area contributed by atoms with Crippen LogP contribution in [0.3, 0.4) is 0 Å². The van der Waals surface area contributed by atoms with E-state index in [1.165, 1.54) is 4.88 Å². The molecule has 4 heteroatoms. The molecule has 1 rings (SSSR count). The Morgan fingerprint density at radius 3 is 2.83 bits per heavy atom. The van der Waals surface area contributed by atoms with Crippen molar-refractivity contribution in [1.82, 2.24) is 5.32 Å². The number of methoxy groups -OCH3 is 1. The predicted molar refractivity (Wildman–Crippen MR) is 55.7 cm³/mol. The third-order valence-electron chi connectivity index (χ3n) is 1.62. The quantitative estimate of drug-likeness (QED) is 0.886. The first-order chi connectivity index (χ1) is 5.77. The molecular weight excluding hydrogens is 238 g/mol. The highest BCUT2D eigenvalue weighted by atomic mass is 79.9. The van der Waals surface area contributed by atoms with Crippen molar-refractivity contribution in [3.8, 4) is 0 Å². The topological polar surface area (TPSA) is 21.3 Å². The van der Waals surface area contributed by atoms with Crippen LogP contribution in [0, 0.1) is 0 Å². The van der Waals surface area contributed by atoms with E-state index in [-0.39, 0.29) is 0 Å². The van der Waals surface area contributed by atoms with Crippen molar-refractivity contribution in [2.75, 3.05) is 20.8 Å². The first-order valence-electron chi connectivity index (χ1n) is 3.69. The van der Waals surface area contributed by atoms with Crippen LogP contribution >= 0.6 is 27.3 Å². The van der Waals surface area contributed by atoms with Gasteiger partial charge in [-0.2, -0.15) is 0 Å². The first kappa shape index (κ1) is 10.2. The summed E-state index contributed by atoms with van der Waals surface area (Å²) in [4.78, 5) is 1.30. The summed E-state index contributed by atoms with van der Waals surface area (Å²) in [5, 5.41) is 3.20. The molecule has 0 aliphatic rings. The van der Waals surface area contributed by atoms with Crippen molar-refractivity contribution in [3.05, 3.63) is 20.8 Å². The van der Waals surface area contributed by atoms with Crippen LogP contribution in [-0.2, 0) is 4.74 Å². The Labute approximate surface area is 85.1 Å². The highest BCUT2D eigenvalue weighted by molar-refractivity contribution is 9.11. The van der Waals surface area contributed by atoms with Gasteiger partial charge in [-0.3, -0.25) is 0 Å². The van der Waals surface area contributed by atoms with Gasteiger partial charge < -0.3 is 10.1 Å². The van der Waals surface area contributed by atoms with Crippen LogP contribution in [0.15, 0.2) is 15.9 Å². The lowest BCUT2D eigenvalue weighted by atomic mass is 10.2. The smallest absolute Gasteiger partial charge is 0.0702 e. The average molecular weight is 250 g/mol. The van der Waals surface area contributed by atoms with Gasteiger partial charge in [0.15, 0.2) is 0 Å². The predicted octanol–water partition coefficient (Wildman–Crippen LogP) is 2.42. The minimum Gasteiger partial charge on any atom is -0.383 e. The van der Waals surface area contributed by atoms with Crippen molar-refractivity contribution >= 4 is 27.3 Å². The number of hydrogen-bond donors (Lipinski definition) is 1. The number of likely N-dealkylation sites (N-methyl/N-ethyl adjacent to an activating group) is 1. The molecule has 68 valence electrons. The molecule has 0 saturated carbocycles. The van der Waals surface area contributed by atoms with E-state index in [9.17, 15) is 0 Å². The lowest BCUT2D eigenvalue weighted by molar-refractivity contribution is 0.171. The van der Waals surface area contributed by atoms with Gasteiger partial charge in [0.05, 0.1) is 16.4 Å². The molecule has 0 aromatic carbocycles. The summed E-state index contributed by atoms with van der Waals surface area (Å²) in [6, 6.07) is 4.47. The SMILES string of the molecule is CNC(COC)c1ccc(Br)s1. The van der Waals surface area contributed by atoms with E-state index in [4.69, 9.17) is 4.74 Å². The van der Waals surface area contributed by atoms with Gasteiger partial charge in [-0.15, -0.1) is 11.3 Å². The molecule has 0 radical (unpaired) electrons. The highest BCUT2D eigenvalue weighted by Crippen LogP contribution is 2.27. The minimum absolute atomic E-state index is 0.311. The Kier molecular flexibility index (Phi) is 4.21. The van der Waals surface area contributed by atoms with E-state index in [0.717, 1.165) is 3.79 Å². The zero-order valence-electron chi connectivity index (χ0n) is 7.13. The Bertz CT molecular complexity index is 239. The van der Waals surface area contributed by atoms with Crippen LogP contribution in [0.4, 0.5) is 0 Å². The fourth-order valence-corrected chi connectivity index (χ4v) is 2.51. The van der Waals surface area contributed by atoms with Gasteiger partial charge in [0, 0.05) is 12.0 Å². The zero-order valence-corrected chi connectivity index (χ0v) is 9.54. The maximum Gasteiger partial charge on any atom is 0.0702 e. The van der Waals surface area contributed by atoms with Crippen molar-refractivity contribution in [2.24, 2.45) is 0 Å². The molecule has 1 atom stereocenters. The number of ether oxygens (including phenoxy) is 1. The van der Waals surface area contributed by atoms with E-state index >= 15 is 0 Å². The summed E-state index contributed by atoms with van der Waals surface area (Å²) in [7, 11) is 3.66. The molecule has 0 saturated heterocycles. The summed E-state index contributed by atoms with van der Waals surface area (Å²) in [6.07, 6.45) is 0. The van der Waals surface area contributed by atoms with Gasteiger partial charge >= 0.3 is 0 Å². The lowest BCUT2D eigenvalue weighted by Gasteiger charge is -2.12. The summed E-state index contributed by atoms with van der Waals surface area (Å²) < 4.78 is 6.25. The van der Waals surface area contributed by atoms with Gasteiger partial charge in [-0.25, -0.2) is 0 Å². The first-order valence-corrected chi connectivity index (χ1v) is 5.30. The minimum atomic E-state index is 0.311. The number of hydrogen-bond acceptors (Lipinski definition) is 3. The molecule has 0 bridgehead atoms. The molecule has 0 fully saturated rings. The van der Waals surface area contributed by atoms with Crippen LogP contribution in [0.1, 0.15) is 10.9 Å². The third-order valence-corrected chi connectivity index (χ3v) is 3.36. The van der Waals surface area contributed by atoms with Crippen LogP contribution in [0.2, 0.25) is 0 Å². The molecule has 1 aromatic heterocycles. The molecule has 2 nitrogen and oxygen atoms in total. The lowest BCUT2D eigenvalue weighted by Crippen LogP contribution is -2.19. The largest absolute Gasteiger partial charge is 0.383 e. The zero-order chi connectivity index (χ0) is 8.97. The molecule has 0 aliphatic carbocycles. The van der Waals surface area contributed by atoms with Crippen LogP contribution < -0.4 is 5.32 Å². The second-order valence-corrected chi connectivity index (χ2v) is 4.93. The molecule has 0 amide bonds. The Hall–Kier alpha value is 0.1000. The van der Waals surface area contributed by atoms with E-state index in [1.54, 1.807) is 18.4 Å². The third kappa shape index (κ3) is 2.55. The second kappa shape index (κ2) is 4.97. The molecule has 1 heterocycles. The maximum absolute atomic E-state index is 5.09. The van der Waals surface area contributed by atoms with Crippen LogP contribution in [-0.4, -0.2) is 20.8 Å². The van der Waals surface area contributed by atoms with Gasteiger partial charge in [0.1, 0.15) is 0 Å². The molecule has 1 N–H and O–H groups in total. The van der Waals surface area contributed by atoms with E-state index in [2.05, 4.69) is 33.4 Å². The summed E-state index contributed by atoms with van der Waals surface area (Å²) in [5.41, 5.74) is 0. The molecule has 12 heavy (non-hydrogen) atoms. The summed E-state index contributed by atoms with van der Waals surface area (Å²) in [6.45, 7) is 0.712. The number of rotatable bonds is 4. The van der Waals surface area contributed by atoms with Gasteiger partial charge in [0.2, 0.25) is 0 Å². The second-order valence-electron chi connectivity index (χ2n) is 2.44. The van der Waals surface area contributed by atoms with E-state index in [1.807, 2.05) is 7.05 Å². The fourth-order valence-electron chi connectivity index (χ4n) is 0.990. The van der Waals surface area contributed by atoms with Crippen LogP contribution in [0.5, 0.6) is 0 Å². The van der Waals surface area contributed by atoms with Gasteiger partial charge in [-0.1, -0.05) is 0 Å². The van der Waals surface area contributed by atoms with E-state index < -0.39 is 0 Å². The number of halogens is 1. The highest BCUT2D eigenvalue weighted by Gasteiger charge is 2.10. The number of nitrogens with one attached hydrogen (secondary N) is 1. The monoisotopic (exact) mass is 249 g/mol. The van der Waals surface area contributed by atoms with Crippen molar-refractivity contribution in [2.45, 2.75) is 6.04 Å².